The van der Waals surface area contributed by atoms with Crippen molar-refractivity contribution in [2.24, 2.45) is 40.4 Å². The van der Waals surface area contributed by atoms with Crippen molar-refractivity contribution in [3.8, 4) is 0 Å². The van der Waals surface area contributed by atoms with Crippen molar-refractivity contribution in [1.82, 2.24) is 0 Å². The van der Waals surface area contributed by atoms with Crippen LogP contribution in [0, 0.1) is 40.4 Å². The highest BCUT2D eigenvalue weighted by atomic mass is 19.4. The molecule has 0 heterocycles. The molecule has 0 spiro atoms. The molecule has 3 nitrogen and oxygen atoms in total. The molecule has 4 aliphatic carbocycles. The molecule has 0 aromatic heterocycles. The van der Waals surface area contributed by atoms with E-state index >= 15 is 0 Å². The number of hydrogen-bond donors (Lipinski definition) is 3. The van der Waals surface area contributed by atoms with E-state index in [2.05, 4.69) is 33.8 Å². The maximum absolute atomic E-state index is 12.7. The Morgan fingerprint density at radius 3 is 2.41 bits per heavy atom. The third kappa shape index (κ3) is 4.72. The van der Waals surface area contributed by atoms with Crippen LogP contribution in [0.15, 0.2) is 11.6 Å². The van der Waals surface area contributed by atoms with E-state index in [0.717, 1.165) is 51.4 Å². The zero-order valence-electron chi connectivity index (χ0n) is 21.4. The number of rotatable bonds is 6. The molecular weight excluding hydrogens is 441 g/mol. The third-order valence-electron chi connectivity index (χ3n) is 11.2. The highest BCUT2D eigenvalue weighted by Gasteiger charge is 2.60. The summed E-state index contributed by atoms with van der Waals surface area (Å²) in [6.07, 6.45) is 5.67. The van der Waals surface area contributed by atoms with E-state index in [-0.39, 0.29) is 23.2 Å². The van der Waals surface area contributed by atoms with Gasteiger partial charge in [-0.3, -0.25) is 0 Å². The summed E-state index contributed by atoms with van der Waals surface area (Å²) in [7, 11) is 0. The normalized spacial score (nSPS) is 43.5. The highest BCUT2D eigenvalue weighted by Crippen LogP contribution is 2.68. The monoisotopic (exact) mass is 486 g/mol. The van der Waals surface area contributed by atoms with Crippen molar-refractivity contribution in [1.29, 1.82) is 0 Å². The minimum Gasteiger partial charge on any atom is -0.390 e. The first-order chi connectivity index (χ1) is 15.6. The van der Waals surface area contributed by atoms with Crippen LogP contribution in [0.3, 0.4) is 0 Å². The average Bonchev–Trinajstić information content (AvgIpc) is 3.08. The van der Waals surface area contributed by atoms with Gasteiger partial charge < -0.3 is 15.3 Å². The number of alkyl halides is 3. The molecular formula is C28H45F3O3. The topological polar surface area (TPSA) is 60.7 Å². The SMILES string of the molecule is CC[C@]1(O)CC[C@@]2(C)C(=CC[C@H]3[C@@H]4CC[C@H]([C@H](C)CCC(O)(O)CC(F)(F)F)[C@@]4(C)CC[C@@H]32)C1. The van der Waals surface area contributed by atoms with E-state index in [0.29, 0.717) is 30.1 Å². The third-order valence-corrected chi connectivity index (χ3v) is 11.2. The molecule has 4 rings (SSSR count). The molecule has 3 N–H and O–H groups in total. The molecule has 0 aliphatic heterocycles. The molecule has 0 saturated heterocycles. The van der Waals surface area contributed by atoms with Crippen LogP contribution in [-0.4, -0.2) is 32.9 Å². The van der Waals surface area contributed by atoms with Gasteiger partial charge in [0.2, 0.25) is 0 Å². The maximum Gasteiger partial charge on any atom is 0.394 e. The van der Waals surface area contributed by atoms with Gasteiger partial charge in [0, 0.05) is 6.42 Å². The lowest BCUT2D eigenvalue weighted by atomic mass is 9.46. The number of hydrogen-bond acceptors (Lipinski definition) is 3. The van der Waals surface area contributed by atoms with Gasteiger partial charge in [0.1, 0.15) is 0 Å². The first-order valence-electron chi connectivity index (χ1n) is 13.6. The number of aliphatic hydroxyl groups is 3. The Kier molecular flexibility index (Phi) is 6.82. The molecule has 0 bridgehead atoms. The van der Waals surface area contributed by atoms with E-state index in [1.807, 2.05) is 0 Å². The summed E-state index contributed by atoms with van der Waals surface area (Å²) in [5.74, 6) is -0.201. The van der Waals surface area contributed by atoms with Crippen LogP contribution in [0.2, 0.25) is 0 Å². The maximum atomic E-state index is 12.7. The Hall–Kier alpha value is -0.590. The Labute approximate surface area is 203 Å². The van der Waals surface area contributed by atoms with E-state index in [9.17, 15) is 28.5 Å². The van der Waals surface area contributed by atoms with Gasteiger partial charge in [0.25, 0.3) is 0 Å². The largest absolute Gasteiger partial charge is 0.394 e. The second-order valence-corrected chi connectivity index (χ2v) is 13.0. The van der Waals surface area contributed by atoms with E-state index in [1.54, 1.807) is 0 Å². The second-order valence-electron chi connectivity index (χ2n) is 13.0. The molecule has 0 aromatic carbocycles. The Morgan fingerprint density at radius 1 is 1.06 bits per heavy atom. The summed E-state index contributed by atoms with van der Waals surface area (Å²) in [6.45, 7) is 9.02. The van der Waals surface area contributed by atoms with E-state index in [4.69, 9.17) is 0 Å². The number of halogens is 3. The number of allylic oxidation sites excluding steroid dienone is 1. The van der Waals surface area contributed by atoms with Gasteiger partial charge in [-0.2, -0.15) is 13.2 Å². The fourth-order valence-corrected chi connectivity index (χ4v) is 9.06. The van der Waals surface area contributed by atoms with Crippen molar-refractivity contribution in [2.75, 3.05) is 0 Å². The first kappa shape index (κ1) is 26.5. The number of fused-ring (bicyclic) bond motifs is 5. The smallest absolute Gasteiger partial charge is 0.390 e. The van der Waals surface area contributed by atoms with Crippen LogP contribution in [0.1, 0.15) is 105 Å². The fraction of sp³-hybridized carbons (Fsp3) is 0.929. The van der Waals surface area contributed by atoms with Crippen LogP contribution < -0.4 is 0 Å². The zero-order valence-corrected chi connectivity index (χ0v) is 21.4. The van der Waals surface area contributed by atoms with Gasteiger partial charge in [0.05, 0.1) is 12.0 Å². The van der Waals surface area contributed by atoms with Crippen molar-refractivity contribution in [3.05, 3.63) is 11.6 Å². The van der Waals surface area contributed by atoms with Crippen LogP contribution in [0.4, 0.5) is 13.2 Å². The molecule has 4 aliphatic rings. The molecule has 6 heteroatoms. The summed E-state index contributed by atoms with van der Waals surface area (Å²) in [6, 6.07) is 0. The van der Waals surface area contributed by atoms with E-state index < -0.39 is 24.0 Å². The molecule has 0 amide bonds. The molecule has 34 heavy (non-hydrogen) atoms. The molecule has 0 radical (unpaired) electrons. The molecule has 0 unspecified atom stereocenters. The van der Waals surface area contributed by atoms with Crippen LogP contribution >= 0.6 is 0 Å². The van der Waals surface area contributed by atoms with E-state index in [1.165, 1.54) is 12.0 Å². The molecule has 8 atom stereocenters. The zero-order chi connectivity index (χ0) is 25.2. The summed E-state index contributed by atoms with van der Waals surface area (Å²) >= 11 is 0. The quantitative estimate of drug-likeness (QED) is 0.287. The van der Waals surface area contributed by atoms with Crippen molar-refractivity contribution in [3.63, 3.8) is 0 Å². The van der Waals surface area contributed by atoms with Crippen molar-refractivity contribution >= 4 is 0 Å². The van der Waals surface area contributed by atoms with Crippen LogP contribution in [-0.2, 0) is 0 Å². The Morgan fingerprint density at radius 2 is 1.76 bits per heavy atom. The van der Waals surface area contributed by atoms with Gasteiger partial charge in [-0.15, -0.1) is 0 Å². The fourth-order valence-electron chi connectivity index (χ4n) is 9.06. The van der Waals surface area contributed by atoms with Gasteiger partial charge >= 0.3 is 6.18 Å². The summed E-state index contributed by atoms with van der Waals surface area (Å²) < 4.78 is 38.1. The molecule has 3 fully saturated rings. The average molecular weight is 487 g/mol. The predicted molar refractivity (Wildman–Crippen MR) is 127 cm³/mol. The summed E-state index contributed by atoms with van der Waals surface area (Å²) in [5.41, 5.74) is 1.28. The first-order valence-corrected chi connectivity index (χ1v) is 13.6. The van der Waals surface area contributed by atoms with Gasteiger partial charge in [-0.05, 0) is 105 Å². The molecule has 3 saturated carbocycles. The second kappa shape index (κ2) is 8.76. The lowest BCUT2D eigenvalue weighted by Crippen LogP contribution is -2.52. The minimum atomic E-state index is -4.58. The predicted octanol–water partition coefficient (Wildman–Crippen LogP) is 6.76. The minimum absolute atomic E-state index is 0.165. The standard InChI is InChI=1S/C28H45F3O3/c1-5-26(32)15-14-24(3)19(16-26)6-7-20-22-9-8-21(25(22,4)12-11-23(20)24)18(2)10-13-27(33,34)17-28(29,30)31/h6,18,20-23,32-34H,5,7-17H2,1-4H3/t18-,20+,21-,22+,23+,24+,25-,26+/m1/s1. The molecule has 196 valence electrons. The Balaban J connectivity index is 1.46. The van der Waals surface area contributed by atoms with Crippen molar-refractivity contribution < 1.29 is 28.5 Å². The van der Waals surface area contributed by atoms with Crippen LogP contribution in [0.25, 0.3) is 0 Å². The summed E-state index contributed by atoms with van der Waals surface area (Å²) in [5, 5.41) is 30.7. The Bertz CT molecular complexity index is 792. The van der Waals surface area contributed by atoms with Gasteiger partial charge in [-0.1, -0.05) is 39.3 Å². The van der Waals surface area contributed by atoms with Gasteiger partial charge in [0.15, 0.2) is 5.79 Å². The molecule has 0 aromatic rings. The van der Waals surface area contributed by atoms with Crippen LogP contribution in [0.5, 0.6) is 0 Å². The van der Waals surface area contributed by atoms with Crippen molar-refractivity contribution in [2.45, 2.75) is 122 Å². The lowest BCUT2D eigenvalue weighted by Gasteiger charge is -2.59. The highest BCUT2D eigenvalue weighted by molar-refractivity contribution is 5.27. The van der Waals surface area contributed by atoms with Gasteiger partial charge in [-0.25, -0.2) is 0 Å². The summed E-state index contributed by atoms with van der Waals surface area (Å²) in [4.78, 5) is 0. The lowest BCUT2D eigenvalue weighted by molar-refractivity contribution is -0.248.